The quantitative estimate of drug-likeness (QED) is 0.692. The lowest BCUT2D eigenvalue weighted by Crippen LogP contribution is -2.48. The summed E-state index contributed by atoms with van der Waals surface area (Å²) >= 11 is 0. The van der Waals surface area contributed by atoms with Crippen molar-refractivity contribution in [3.8, 4) is 0 Å². The number of hydrogen-bond acceptors (Lipinski definition) is 3. The van der Waals surface area contributed by atoms with Crippen molar-refractivity contribution in [1.82, 2.24) is 10.2 Å². The molecule has 0 bridgehead atoms. The van der Waals surface area contributed by atoms with E-state index in [4.69, 9.17) is 4.74 Å². The third kappa shape index (κ3) is 8.41. The predicted molar refractivity (Wildman–Crippen MR) is 83.0 cm³/mol. The fraction of sp³-hybridized carbons (Fsp3) is 0.938. The largest absolute Gasteiger partial charge is 0.444 e. The number of rotatable bonds is 0. The predicted octanol–water partition coefficient (Wildman–Crippen LogP) is 3.56. The van der Waals surface area contributed by atoms with Crippen LogP contribution in [0.2, 0.25) is 0 Å². The molecule has 0 aromatic rings. The Bertz CT molecular complexity index is 248. The number of carbonyl (C=O) groups excluding carboxylic acids is 1. The molecule has 2 aliphatic rings. The van der Waals surface area contributed by atoms with E-state index in [0.717, 1.165) is 26.2 Å². The van der Waals surface area contributed by atoms with Crippen LogP contribution in [0, 0.1) is 0 Å². The Morgan fingerprint density at radius 2 is 1.30 bits per heavy atom. The molecular formula is C16H32N2O2. The number of ether oxygens (including phenoxy) is 1. The second-order valence-corrected chi connectivity index (χ2v) is 6.69. The molecule has 1 saturated carbocycles. The van der Waals surface area contributed by atoms with Gasteiger partial charge in [0.2, 0.25) is 0 Å². The van der Waals surface area contributed by atoms with Gasteiger partial charge >= 0.3 is 6.09 Å². The van der Waals surface area contributed by atoms with Gasteiger partial charge in [0, 0.05) is 26.2 Å². The number of piperazine rings is 1. The maximum atomic E-state index is 11.5. The van der Waals surface area contributed by atoms with Crippen molar-refractivity contribution in [2.45, 2.75) is 71.3 Å². The molecule has 1 aliphatic carbocycles. The fourth-order valence-corrected chi connectivity index (χ4v) is 2.41. The molecule has 118 valence electrons. The summed E-state index contributed by atoms with van der Waals surface area (Å²) in [6.45, 7) is 8.86. The first-order valence-corrected chi connectivity index (χ1v) is 8.18. The summed E-state index contributed by atoms with van der Waals surface area (Å²) in [5.41, 5.74) is -0.387. The summed E-state index contributed by atoms with van der Waals surface area (Å²) < 4.78 is 5.24. The zero-order chi connectivity index (χ0) is 14.8. The Morgan fingerprint density at radius 3 is 1.65 bits per heavy atom. The minimum atomic E-state index is -0.387. The van der Waals surface area contributed by atoms with Crippen molar-refractivity contribution < 1.29 is 9.53 Å². The third-order valence-corrected chi connectivity index (χ3v) is 3.52. The van der Waals surface area contributed by atoms with E-state index in [-0.39, 0.29) is 11.7 Å². The van der Waals surface area contributed by atoms with Gasteiger partial charge in [0.1, 0.15) is 5.60 Å². The Labute approximate surface area is 124 Å². The average molecular weight is 284 g/mol. The van der Waals surface area contributed by atoms with Crippen LogP contribution >= 0.6 is 0 Å². The molecule has 2 fully saturated rings. The molecule has 0 unspecified atom stereocenters. The van der Waals surface area contributed by atoms with Gasteiger partial charge in [-0.1, -0.05) is 44.9 Å². The first kappa shape index (κ1) is 17.3. The molecule has 0 aromatic heterocycles. The minimum Gasteiger partial charge on any atom is -0.444 e. The first-order valence-electron chi connectivity index (χ1n) is 8.18. The van der Waals surface area contributed by atoms with Crippen LogP contribution in [-0.2, 0) is 4.74 Å². The number of amides is 1. The number of carbonyl (C=O) groups is 1. The van der Waals surface area contributed by atoms with Gasteiger partial charge in [-0.2, -0.15) is 0 Å². The Balaban J connectivity index is 0.000000240. The molecule has 0 aromatic carbocycles. The van der Waals surface area contributed by atoms with E-state index in [0.29, 0.717) is 0 Å². The molecule has 0 spiro atoms. The van der Waals surface area contributed by atoms with E-state index in [1.165, 1.54) is 44.9 Å². The topological polar surface area (TPSA) is 41.6 Å². The maximum absolute atomic E-state index is 11.5. The van der Waals surface area contributed by atoms with Crippen LogP contribution in [0.25, 0.3) is 0 Å². The van der Waals surface area contributed by atoms with Crippen molar-refractivity contribution in [2.24, 2.45) is 0 Å². The summed E-state index contributed by atoms with van der Waals surface area (Å²) in [5, 5.41) is 3.18. The normalized spacial score (nSPS) is 20.4. The van der Waals surface area contributed by atoms with Crippen molar-refractivity contribution in [3.05, 3.63) is 0 Å². The molecular weight excluding hydrogens is 252 g/mol. The van der Waals surface area contributed by atoms with E-state index in [9.17, 15) is 4.79 Å². The highest BCUT2D eigenvalue weighted by Crippen LogP contribution is 2.15. The highest BCUT2D eigenvalue weighted by molar-refractivity contribution is 5.68. The molecule has 0 atom stereocenters. The molecule has 1 heterocycles. The van der Waals surface area contributed by atoms with Crippen LogP contribution in [0.4, 0.5) is 4.79 Å². The first-order chi connectivity index (χ1) is 9.49. The van der Waals surface area contributed by atoms with E-state index in [1.807, 2.05) is 20.8 Å². The molecule has 2 rings (SSSR count). The van der Waals surface area contributed by atoms with Crippen LogP contribution in [0.5, 0.6) is 0 Å². The van der Waals surface area contributed by atoms with Crippen LogP contribution in [0.15, 0.2) is 0 Å². The zero-order valence-corrected chi connectivity index (χ0v) is 13.5. The van der Waals surface area contributed by atoms with E-state index < -0.39 is 0 Å². The maximum Gasteiger partial charge on any atom is 0.410 e. The Hall–Kier alpha value is -0.770. The lowest BCUT2D eigenvalue weighted by molar-refractivity contribution is 0.0229. The second-order valence-electron chi connectivity index (χ2n) is 6.69. The number of nitrogens with one attached hydrogen (secondary N) is 1. The molecule has 1 N–H and O–H groups in total. The highest BCUT2D eigenvalue weighted by Gasteiger charge is 2.22. The fourth-order valence-electron chi connectivity index (χ4n) is 2.41. The Morgan fingerprint density at radius 1 is 0.900 bits per heavy atom. The van der Waals surface area contributed by atoms with E-state index >= 15 is 0 Å². The van der Waals surface area contributed by atoms with Gasteiger partial charge in [-0.05, 0) is 20.8 Å². The van der Waals surface area contributed by atoms with Gasteiger partial charge in [-0.3, -0.25) is 0 Å². The Kier molecular flexibility index (Phi) is 7.97. The second kappa shape index (κ2) is 9.22. The molecule has 1 saturated heterocycles. The summed E-state index contributed by atoms with van der Waals surface area (Å²) in [5.74, 6) is 0. The smallest absolute Gasteiger partial charge is 0.410 e. The lowest BCUT2D eigenvalue weighted by Gasteiger charge is -2.30. The minimum absolute atomic E-state index is 0.200. The number of hydrogen-bond donors (Lipinski definition) is 1. The third-order valence-electron chi connectivity index (χ3n) is 3.52. The van der Waals surface area contributed by atoms with Crippen LogP contribution in [0.1, 0.15) is 65.7 Å². The molecule has 4 heteroatoms. The van der Waals surface area contributed by atoms with Gasteiger partial charge < -0.3 is 15.0 Å². The zero-order valence-electron chi connectivity index (χ0n) is 13.5. The average Bonchev–Trinajstić information content (AvgIpc) is 2.71. The van der Waals surface area contributed by atoms with Crippen LogP contribution in [-0.4, -0.2) is 42.8 Å². The standard InChI is InChI=1S/C9H18N2O2.C7H14/c1-9(2,3)13-8(12)11-6-4-10-5-7-11;1-2-4-6-7-5-3-1/h10H,4-7H2,1-3H3;1-7H2. The van der Waals surface area contributed by atoms with Gasteiger partial charge in [0.25, 0.3) is 0 Å². The van der Waals surface area contributed by atoms with Gasteiger partial charge in [-0.15, -0.1) is 0 Å². The lowest BCUT2D eigenvalue weighted by atomic mass is 10.2. The van der Waals surface area contributed by atoms with E-state index in [1.54, 1.807) is 4.90 Å². The van der Waals surface area contributed by atoms with Crippen LogP contribution in [0.3, 0.4) is 0 Å². The summed E-state index contributed by atoms with van der Waals surface area (Å²) in [7, 11) is 0. The SMILES string of the molecule is C1CCCCCC1.CC(C)(C)OC(=O)N1CCNCC1. The molecule has 1 amide bonds. The van der Waals surface area contributed by atoms with Crippen molar-refractivity contribution >= 4 is 6.09 Å². The summed E-state index contributed by atoms with van der Waals surface area (Å²) in [4.78, 5) is 13.2. The van der Waals surface area contributed by atoms with E-state index in [2.05, 4.69) is 5.32 Å². The van der Waals surface area contributed by atoms with Crippen LogP contribution < -0.4 is 5.32 Å². The molecule has 0 radical (unpaired) electrons. The van der Waals surface area contributed by atoms with Gasteiger partial charge in [0.15, 0.2) is 0 Å². The van der Waals surface area contributed by atoms with Crippen molar-refractivity contribution in [2.75, 3.05) is 26.2 Å². The summed E-state index contributed by atoms with van der Waals surface area (Å²) in [6, 6.07) is 0. The molecule has 1 aliphatic heterocycles. The van der Waals surface area contributed by atoms with Crippen molar-refractivity contribution in [1.29, 1.82) is 0 Å². The van der Waals surface area contributed by atoms with Gasteiger partial charge in [0.05, 0.1) is 0 Å². The van der Waals surface area contributed by atoms with Crippen molar-refractivity contribution in [3.63, 3.8) is 0 Å². The molecule has 4 nitrogen and oxygen atoms in total. The number of nitrogens with zero attached hydrogens (tertiary/aromatic N) is 1. The summed E-state index contributed by atoms with van der Waals surface area (Å²) in [6.07, 6.45) is 10.3. The highest BCUT2D eigenvalue weighted by atomic mass is 16.6. The van der Waals surface area contributed by atoms with Gasteiger partial charge in [-0.25, -0.2) is 4.79 Å². The molecule has 20 heavy (non-hydrogen) atoms. The monoisotopic (exact) mass is 284 g/mol.